The van der Waals surface area contributed by atoms with Crippen LogP contribution < -0.4 is 10.6 Å². The van der Waals surface area contributed by atoms with Gasteiger partial charge in [0.2, 0.25) is 5.95 Å². The van der Waals surface area contributed by atoms with Gasteiger partial charge in [-0.2, -0.15) is 0 Å². The fraction of sp³-hybridized carbons (Fsp3) is 0.438. The van der Waals surface area contributed by atoms with Crippen LogP contribution in [0.4, 0.5) is 19.1 Å². The normalized spacial score (nSPS) is 20.9. The van der Waals surface area contributed by atoms with E-state index in [1.165, 1.54) is 17.4 Å². The molecule has 0 aliphatic carbocycles. The van der Waals surface area contributed by atoms with E-state index in [4.69, 9.17) is 5.73 Å². The largest absolute Gasteiger partial charge is 0.340 e. The van der Waals surface area contributed by atoms with Crippen LogP contribution in [0.2, 0.25) is 0 Å². The minimum Gasteiger partial charge on any atom is -0.340 e. The summed E-state index contributed by atoms with van der Waals surface area (Å²) < 4.78 is 43.5. The summed E-state index contributed by atoms with van der Waals surface area (Å²) in [6.45, 7) is 2.75. The number of piperidine rings is 1. The Hall–Kier alpha value is -2.20. The van der Waals surface area contributed by atoms with Gasteiger partial charge in [-0.1, -0.05) is 11.3 Å². The van der Waals surface area contributed by atoms with Crippen LogP contribution in [0, 0.1) is 18.6 Å². The summed E-state index contributed by atoms with van der Waals surface area (Å²) in [4.78, 5) is 6.18. The van der Waals surface area contributed by atoms with Gasteiger partial charge in [0, 0.05) is 25.2 Å². The van der Waals surface area contributed by atoms with Gasteiger partial charge in [-0.3, -0.25) is 0 Å². The molecule has 0 spiro atoms. The van der Waals surface area contributed by atoms with Crippen molar-refractivity contribution in [3.8, 4) is 0 Å². The molecule has 10 heteroatoms. The Balaban J connectivity index is 1.82. The molecule has 0 amide bonds. The number of nitrogens with two attached hydrogens (primary N) is 1. The van der Waals surface area contributed by atoms with Crippen molar-refractivity contribution in [3.63, 3.8) is 0 Å². The summed E-state index contributed by atoms with van der Waals surface area (Å²) in [5, 5.41) is 9.55. The molecule has 0 saturated carbocycles. The molecule has 4 rings (SSSR count). The molecule has 1 aliphatic rings. The maximum absolute atomic E-state index is 14.2. The van der Waals surface area contributed by atoms with Crippen LogP contribution in [0.5, 0.6) is 0 Å². The third-order valence-corrected chi connectivity index (χ3v) is 5.29. The van der Waals surface area contributed by atoms with Crippen LogP contribution in [0.1, 0.15) is 16.4 Å². The second-order valence-electron chi connectivity index (χ2n) is 6.38. The van der Waals surface area contributed by atoms with Crippen LogP contribution in [0.3, 0.4) is 0 Å². The van der Waals surface area contributed by atoms with E-state index in [1.807, 2.05) is 11.8 Å². The van der Waals surface area contributed by atoms with E-state index < -0.39 is 23.8 Å². The van der Waals surface area contributed by atoms with Gasteiger partial charge in [-0.25, -0.2) is 18.2 Å². The fourth-order valence-corrected chi connectivity index (χ4v) is 3.90. The number of halogens is 3. The first-order valence-corrected chi connectivity index (χ1v) is 9.03. The Bertz CT molecular complexity index is 955. The Kier molecular flexibility index (Phi) is 4.31. The molecule has 3 aromatic rings. The Morgan fingerprint density at radius 1 is 1.31 bits per heavy atom. The van der Waals surface area contributed by atoms with Crippen molar-refractivity contribution in [2.45, 2.75) is 32.1 Å². The molecular weight excluding hydrogens is 365 g/mol. The van der Waals surface area contributed by atoms with Crippen molar-refractivity contribution in [1.82, 2.24) is 19.7 Å². The van der Waals surface area contributed by atoms with Crippen molar-refractivity contribution < 1.29 is 13.2 Å². The van der Waals surface area contributed by atoms with E-state index in [9.17, 15) is 13.2 Å². The number of aryl methyl sites for hydroxylation is 1. The number of imidazole rings is 1. The summed E-state index contributed by atoms with van der Waals surface area (Å²) in [7, 11) is 0. The number of nitrogens with zero attached hydrogens (tertiary/aromatic N) is 5. The van der Waals surface area contributed by atoms with Gasteiger partial charge in [-0.05, 0) is 13.3 Å². The maximum atomic E-state index is 14.2. The van der Waals surface area contributed by atoms with Gasteiger partial charge in [-0.15, -0.1) is 10.2 Å². The molecule has 0 unspecified atom stereocenters. The minimum atomic E-state index is -1.08. The number of rotatable bonds is 3. The van der Waals surface area contributed by atoms with Crippen LogP contribution in [-0.2, 0) is 6.54 Å². The van der Waals surface area contributed by atoms with Crippen molar-refractivity contribution in [2.24, 2.45) is 5.73 Å². The highest BCUT2D eigenvalue weighted by Gasteiger charge is 2.30. The lowest BCUT2D eigenvalue weighted by Gasteiger charge is -2.34. The predicted octanol–water partition coefficient (Wildman–Crippen LogP) is 2.40. The van der Waals surface area contributed by atoms with E-state index >= 15 is 0 Å². The number of hydrogen-bond donors (Lipinski definition) is 1. The van der Waals surface area contributed by atoms with Crippen molar-refractivity contribution in [2.75, 3.05) is 18.0 Å². The standard InChI is InChI=1S/C16H17F3N6S/c1-8-22-23-14(26-8)7-25-13-5-9(17)4-11(19)15(13)21-16(25)24-3-2-10(18)12(20)6-24/h4-5,10,12H,2-3,6-7,20H2,1H3/t10-,12-/m1/s1. The quantitative estimate of drug-likeness (QED) is 0.753. The summed E-state index contributed by atoms with van der Waals surface area (Å²) in [5.74, 6) is -0.992. The third kappa shape index (κ3) is 3.03. The first kappa shape index (κ1) is 17.2. The smallest absolute Gasteiger partial charge is 0.207 e. The van der Waals surface area contributed by atoms with Gasteiger partial charge in [0.25, 0.3) is 0 Å². The maximum Gasteiger partial charge on any atom is 0.207 e. The van der Waals surface area contributed by atoms with Gasteiger partial charge < -0.3 is 15.2 Å². The average molecular weight is 382 g/mol. The average Bonchev–Trinajstić information content (AvgIpc) is 3.15. The van der Waals surface area contributed by atoms with Crippen LogP contribution in [0.25, 0.3) is 11.0 Å². The Morgan fingerprint density at radius 2 is 2.12 bits per heavy atom. The first-order chi connectivity index (χ1) is 12.4. The molecule has 1 aliphatic heterocycles. The second kappa shape index (κ2) is 6.51. The van der Waals surface area contributed by atoms with Crippen molar-refractivity contribution in [1.29, 1.82) is 0 Å². The minimum absolute atomic E-state index is 0.0681. The zero-order valence-electron chi connectivity index (χ0n) is 14.0. The van der Waals surface area contributed by atoms with Crippen LogP contribution in [0.15, 0.2) is 12.1 Å². The van der Waals surface area contributed by atoms with Gasteiger partial charge in [0.15, 0.2) is 5.82 Å². The number of fused-ring (bicyclic) bond motifs is 1. The van der Waals surface area contributed by atoms with E-state index in [0.717, 1.165) is 11.1 Å². The number of hydrogen-bond acceptors (Lipinski definition) is 6. The van der Waals surface area contributed by atoms with Crippen molar-refractivity contribution in [3.05, 3.63) is 33.8 Å². The molecule has 0 radical (unpaired) electrons. The van der Waals surface area contributed by atoms with Gasteiger partial charge in [0.05, 0.1) is 18.1 Å². The molecule has 2 aromatic heterocycles. The molecule has 1 fully saturated rings. The zero-order chi connectivity index (χ0) is 18.4. The highest BCUT2D eigenvalue weighted by molar-refractivity contribution is 7.11. The number of alkyl halides is 1. The second-order valence-corrected chi connectivity index (χ2v) is 7.65. The Morgan fingerprint density at radius 3 is 2.81 bits per heavy atom. The number of benzene rings is 1. The zero-order valence-corrected chi connectivity index (χ0v) is 14.8. The van der Waals surface area contributed by atoms with Crippen LogP contribution in [-0.4, -0.2) is 45.1 Å². The van der Waals surface area contributed by atoms with Crippen LogP contribution >= 0.6 is 11.3 Å². The molecule has 26 heavy (non-hydrogen) atoms. The van der Waals surface area contributed by atoms with E-state index in [1.54, 1.807) is 4.57 Å². The highest BCUT2D eigenvalue weighted by Crippen LogP contribution is 2.29. The van der Waals surface area contributed by atoms with Gasteiger partial charge >= 0.3 is 0 Å². The summed E-state index contributed by atoms with van der Waals surface area (Å²) in [6.07, 6.45) is -0.817. The lowest BCUT2D eigenvalue weighted by molar-refractivity contribution is 0.243. The molecule has 1 saturated heterocycles. The van der Waals surface area contributed by atoms with Crippen molar-refractivity contribution >= 4 is 28.3 Å². The molecule has 2 atom stereocenters. The SMILES string of the molecule is Cc1nnc(Cn2c(N3CC[C@@H](F)[C@H](N)C3)nc3c(F)cc(F)cc32)s1. The molecule has 6 nitrogen and oxygen atoms in total. The van der Waals surface area contributed by atoms with Gasteiger partial charge in [0.1, 0.15) is 27.5 Å². The Labute approximate surface area is 151 Å². The summed E-state index contributed by atoms with van der Waals surface area (Å²) in [6, 6.07) is 1.39. The summed E-state index contributed by atoms with van der Waals surface area (Å²) >= 11 is 1.40. The molecular formula is C16H17F3N6S. The monoisotopic (exact) mass is 382 g/mol. The van der Waals surface area contributed by atoms with E-state index in [-0.39, 0.29) is 25.0 Å². The highest BCUT2D eigenvalue weighted by atomic mass is 32.1. The predicted molar refractivity (Wildman–Crippen MR) is 93.1 cm³/mol. The van der Waals surface area contributed by atoms with E-state index in [0.29, 0.717) is 23.0 Å². The van der Waals surface area contributed by atoms with E-state index in [2.05, 4.69) is 15.2 Å². The third-order valence-electron chi connectivity index (χ3n) is 4.47. The molecule has 2 N–H and O–H groups in total. The lowest BCUT2D eigenvalue weighted by Crippen LogP contribution is -2.50. The topological polar surface area (TPSA) is 72.9 Å². The lowest BCUT2D eigenvalue weighted by atomic mass is 10.1. The molecule has 138 valence electrons. The first-order valence-electron chi connectivity index (χ1n) is 8.21. The molecule has 1 aromatic carbocycles. The fourth-order valence-electron chi connectivity index (χ4n) is 3.21. The number of aromatic nitrogens is 4. The molecule has 0 bridgehead atoms. The molecule has 3 heterocycles. The number of anilines is 1. The summed E-state index contributed by atoms with van der Waals surface area (Å²) in [5.41, 5.74) is 6.24.